The Kier molecular flexibility index (Phi) is 10.4. The number of nitrogens with zero attached hydrogens (tertiary/aromatic N) is 2. The van der Waals surface area contributed by atoms with Crippen LogP contribution in [0.3, 0.4) is 0 Å². The van der Waals surface area contributed by atoms with Crippen molar-refractivity contribution < 1.29 is 18.0 Å². The van der Waals surface area contributed by atoms with Crippen molar-refractivity contribution in [3.05, 3.63) is 99.0 Å². The van der Waals surface area contributed by atoms with Gasteiger partial charge in [0.2, 0.25) is 21.8 Å². The zero-order chi connectivity index (χ0) is 29.7. The number of benzene rings is 3. The predicted molar refractivity (Wildman–Crippen MR) is 165 cm³/mol. The molecule has 3 aromatic rings. The molecule has 40 heavy (non-hydrogen) atoms. The summed E-state index contributed by atoms with van der Waals surface area (Å²) in [6.45, 7) is 6.93. The number of carbonyl (C=O) groups excluding carboxylic acids is 2. The first-order valence-electron chi connectivity index (χ1n) is 12.8. The maximum Gasteiger partial charge on any atom is 0.244 e. The van der Waals surface area contributed by atoms with E-state index in [1.54, 1.807) is 25.1 Å². The van der Waals surface area contributed by atoms with Crippen LogP contribution in [0.1, 0.15) is 37.5 Å². The molecule has 0 aromatic heterocycles. The zero-order valence-corrected chi connectivity index (χ0v) is 26.5. The molecule has 0 aliphatic heterocycles. The molecule has 0 saturated carbocycles. The highest BCUT2D eigenvalue weighted by Gasteiger charge is 2.34. The number of nitrogens with one attached hydrogen (secondary N) is 1. The Morgan fingerprint density at radius 1 is 0.950 bits per heavy atom. The lowest BCUT2D eigenvalue weighted by molar-refractivity contribution is -0.140. The molecule has 0 aliphatic carbocycles. The van der Waals surface area contributed by atoms with E-state index in [1.807, 2.05) is 75.4 Å². The SMILES string of the molecule is Cc1c(Cl)cccc1N(CC(=O)N(Cc1ccc(Br)cc1)C(Cc1ccccc1)C(=O)NC(C)(C)C)S(C)(=O)=O. The van der Waals surface area contributed by atoms with Gasteiger partial charge in [-0.15, -0.1) is 0 Å². The third-order valence-corrected chi connectivity index (χ3v) is 8.29. The Bertz CT molecular complexity index is 1440. The van der Waals surface area contributed by atoms with Crippen molar-refractivity contribution in [1.29, 1.82) is 0 Å². The maximum atomic E-state index is 14.1. The molecule has 2 amide bonds. The highest BCUT2D eigenvalue weighted by atomic mass is 79.9. The molecule has 0 radical (unpaired) electrons. The molecule has 3 aromatic carbocycles. The van der Waals surface area contributed by atoms with Crippen LogP contribution in [0.25, 0.3) is 0 Å². The summed E-state index contributed by atoms with van der Waals surface area (Å²) >= 11 is 9.73. The van der Waals surface area contributed by atoms with Crippen molar-refractivity contribution in [1.82, 2.24) is 10.2 Å². The van der Waals surface area contributed by atoms with E-state index < -0.39 is 34.1 Å². The van der Waals surface area contributed by atoms with Crippen LogP contribution in [0.2, 0.25) is 5.02 Å². The molecule has 0 spiro atoms. The smallest absolute Gasteiger partial charge is 0.244 e. The molecule has 0 saturated heterocycles. The Hall–Kier alpha value is -2.88. The highest BCUT2D eigenvalue weighted by molar-refractivity contribution is 9.10. The van der Waals surface area contributed by atoms with Crippen LogP contribution in [-0.2, 0) is 32.6 Å². The number of anilines is 1. The molecule has 7 nitrogen and oxygen atoms in total. The minimum Gasteiger partial charge on any atom is -0.350 e. The Morgan fingerprint density at radius 3 is 2.15 bits per heavy atom. The molecule has 0 fully saturated rings. The number of sulfonamides is 1. The molecule has 3 rings (SSSR count). The molecule has 0 bridgehead atoms. The average molecular weight is 649 g/mol. The fourth-order valence-electron chi connectivity index (χ4n) is 4.25. The second kappa shape index (κ2) is 13.2. The van der Waals surface area contributed by atoms with Gasteiger partial charge in [-0.05, 0) is 68.7 Å². The topological polar surface area (TPSA) is 86.8 Å². The van der Waals surface area contributed by atoms with Gasteiger partial charge in [0, 0.05) is 28.0 Å². The summed E-state index contributed by atoms with van der Waals surface area (Å²) in [5.74, 6) is -0.843. The maximum absolute atomic E-state index is 14.1. The summed E-state index contributed by atoms with van der Waals surface area (Å²) < 4.78 is 27.8. The average Bonchev–Trinajstić information content (AvgIpc) is 2.86. The standard InChI is InChI=1S/C30H35BrClN3O4S/c1-21-25(32)12-9-13-26(21)35(40(5,38)39)20-28(36)34(19-23-14-16-24(31)17-15-23)27(29(37)33-30(2,3)4)18-22-10-7-6-8-11-22/h6-17,27H,18-20H2,1-5H3,(H,33,37). The molecule has 10 heteroatoms. The fourth-order valence-corrected chi connectivity index (χ4v) is 5.59. The second-order valence-corrected chi connectivity index (χ2v) is 14.0. The van der Waals surface area contributed by atoms with Gasteiger partial charge in [0.15, 0.2) is 0 Å². The fraction of sp³-hybridized carbons (Fsp3) is 0.333. The van der Waals surface area contributed by atoms with Gasteiger partial charge >= 0.3 is 0 Å². The van der Waals surface area contributed by atoms with E-state index in [4.69, 9.17) is 11.6 Å². The van der Waals surface area contributed by atoms with Gasteiger partial charge < -0.3 is 10.2 Å². The number of amides is 2. The lowest BCUT2D eigenvalue weighted by Gasteiger charge is -2.35. The molecule has 1 N–H and O–H groups in total. The summed E-state index contributed by atoms with van der Waals surface area (Å²) in [6.07, 6.45) is 1.30. The summed E-state index contributed by atoms with van der Waals surface area (Å²) in [4.78, 5) is 29.4. The van der Waals surface area contributed by atoms with E-state index in [1.165, 1.54) is 4.90 Å². The largest absolute Gasteiger partial charge is 0.350 e. The van der Waals surface area contributed by atoms with Crippen LogP contribution in [0.5, 0.6) is 0 Å². The monoisotopic (exact) mass is 647 g/mol. The lowest BCUT2D eigenvalue weighted by atomic mass is 10.0. The van der Waals surface area contributed by atoms with Crippen molar-refractivity contribution in [2.45, 2.75) is 52.2 Å². The number of hydrogen-bond donors (Lipinski definition) is 1. The van der Waals surface area contributed by atoms with Crippen molar-refractivity contribution in [2.24, 2.45) is 0 Å². The van der Waals surface area contributed by atoms with Crippen molar-refractivity contribution in [2.75, 3.05) is 17.1 Å². The second-order valence-electron chi connectivity index (χ2n) is 10.7. The first-order valence-corrected chi connectivity index (χ1v) is 15.8. The van der Waals surface area contributed by atoms with Crippen molar-refractivity contribution in [3.8, 4) is 0 Å². The quantitative estimate of drug-likeness (QED) is 0.304. The molecule has 1 unspecified atom stereocenters. The minimum atomic E-state index is -3.88. The summed E-state index contributed by atoms with van der Waals surface area (Å²) in [5, 5.41) is 3.40. The molecule has 1 atom stereocenters. The lowest BCUT2D eigenvalue weighted by Crippen LogP contribution is -2.56. The number of hydrogen-bond acceptors (Lipinski definition) is 4. The number of rotatable bonds is 10. The summed E-state index contributed by atoms with van der Waals surface area (Å²) in [6, 6.07) is 20.9. The van der Waals surface area contributed by atoms with Gasteiger partial charge in [0.1, 0.15) is 12.6 Å². The van der Waals surface area contributed by atoms with E-state index in [0.29, 0.717) is 16.3 Å². The summed E-state index contributed by atoms with van der Waals surface area (Å²) in [7, 11) is -3.88. The van der Waals surface area contributed by atoms with E-state index in [2.05, 4.69) is 21.2 Å². The third kappa shape index (κ3) is 8.81. The first-order chi connectivity index (χ1) is 18.7. The zero-order valence-electron chi connectivity index (χ0n) is 23.3. The van der Waals surface area contributed by atoms with E-state index in [0.717, 1.165) is 26.2 Å². The minimum absolute atomic E-state index is 0.104. The molecule has 214 valence electrons. The van der Waals surface area contributed by atoms with Gasteiger partial charge in [-0.25, -0.2) is 8.42 Å². The molecule has 0 aliphatic rings. The van der Waals surface area contributed by atoms with Crippen LogP contribution in [0.4, 0.5) is 5.69 Å². The Balaban J connectivity index is 2.09. The van der Waals surface area contributed by atoms with Crippen molar-refractivity contribution >= 4 is 55.1 Å². The van der Waals surface area contributed by atoms with Crippen LogP contribution >= 0.6 is 27.5 Å². The normalized spacial score (nSPS) is 12.5. The van der Waals surface area contributed by atoms with Gasteiger partial charge in [0.25, 0.3) is 0 Å². The van der Waals surface area contributed by atoms with Crippen molar-refractivity contribution in [3.63, 3.8) is 0 Å². The van der Waals surface area contributed by atoms with Crippen LogP contribution in [0, 0.1) is 6.92 Å². The molecular formula is C30H35BrClN3O4S. The van der Waals surface area contributed by atoms with Gasteiger partial charge in [-0.3, -0.25) is 13.9 Å². The van der Waals surface area contributed by atoms with Gasteiger partial charge in [-0.1, -0.05) is 76.1 Å². The number of carbonyl (C=O) groups is 2. The summed E-state index contributed by atoms with van der Waals surface area (Å²) in [5.41, 5.74) is 1.97. The number of halogens is 2. The van der Waals surface area contributed by atoms with Gasteiger partial charge in [0.05, 0.1) is 11.9 Å². The molecular weight excluding hydrogens is 614 g/mol. The van der Waals surface area contributed by atoms with E-state index in [9.17, 15) is 18.0 Å². The highest BCUT2D eigenvalue weighted by Crippen LogP contribution is 2.29. The predicted octanol–water partition coefficient (Wildman–Crippen LogP) is 5.73. The Labute approximate surface area is 250 Å². The van der Waals surface area contributed by atoms with Crippen LogP contribution in [0.15, 0.2) is 77.3 Å². The van der Waals surface area contributed by atoms with Crippen LogP contribution in [-0.4, -0.2) is 49.5 Å². The van der Waals surface area contributed by atoms with Gasteiger partial charge in [-0.2, -0.15) is 0 Å². The van der Waals surface area contributed by atoms with E-state index >= 15 is 0 Å². The van der Waals surface area contributed by atoms with E-state index in [-0.39, 0.29) is 18.9 Å². The third-order valence-electron chi connectivity index (χ3n) is 6.22. The first kappa shape index (κ1) is 31.6. The molecule has 0 heterocycles. The van der Waals surface area contributed by atoms with Crippen LogP contribution < -0.4 is 9.62 Å². The Morgan fingerprint density at radius 2 is 1.57 bits per heavy atom.